The van der Waals surface area contributed by atoms with E-state index in [0.29, 0.717) is 6.42 Å². The second-order valence-electron chi connectivity index (χ2n) is 5.33. The summed E-state index contributed by atoms with van der Waals surface area (Å²) in [5.74, 6) is -1.44. The molecule has 116 valence electrons. The standard InChI is InChI=1S/C12H14F3N3O3/c1-11(10(20)21)3-5-17(7-11)9(19)6-18-4-2-8(16-18)12(13,14)15/h2,4H,3,5-7H2,1H3,(H,20,21). The van der Waals surface area contributed by atoms with Crippen LogP contribution in [-0.4, -0.2) is 44.8 Å². The number of likely N-dealkylation sites (tertiary alicyclic amines) is 1. The summed E-state index contributed by atoms with van der Waals surface area (Å²) >= 11 is 0. The van der Waals surface area contributed by atoms with Gasteiger partial charge in [0, 0.05) is 19.3 Å². The smallest absolute Gasteiger partial charge is 0.435 e. The van der Waals surface area contributed by atoms with Crippen molar-refractivity contribution in [2.45, 2.75) is 26.1 Å². The van der Waals surface area contributed by atoms with Crippen molar-refractivity contribution >= 4 is 11.9 Å². The predicted molar refractivity (Wildman–Crippen MR) is 64.2 cm³/mol. The highest BCUT2D eigenvalue weighted by atomic mass is 19.4. The van der Waals surface area contributed by atoms with Gasteiger partial charge >= 0.3 is 12.1 Å². The number of carboxylic acids is 1. The van der Waals surface area contributed by atoms with Crippen molar-refractivity contribution in [1.29, 1.82) is 0 Å². The number of carbonyl (C=O) groups excluding carboxylic acids is 1. The summed E-state index contributed by atoms with van der Waals surface area (Å²) in [7, 11) is 0. The number of amides is 1. The fraction of sp³-hybridized carbons (Fsp3) is 0.583. The van der Waals surface area contributed by atoms with E-state index in [-0.39, 0.29) is 19.6 Å². The van der Waals surface area contributed by atoms with E-state index in [9.17, 15) is 22.8 Å². The molecule has 0 bridgehead atoms. The van der Waals surface area contributed by atoms with Gasteiger partial charge in [0.1, 0.15) is 6.54 Å². The quantitative estimate of drug-likeness (QED) is 0.911. The molecular formula is C12H14F3N3O3. The van der Waals surface area contributed by atoms with Gasteiger partial charge in [-0.15, -0.1) is 0 Å². The minimum Gasteiger partial charge on any atom is -0.481 e. The maximum absolute atomic E-state index is 12.4. The number of hydrogen-bond acceptors (Lipinski definition) is 3. The molecule has 1 aromatic heterocycles. The molecule has 1 N–H and O–H groups in total. The van der Waals surface area contributed by atoms with Gasteiger partial charge in [-0.25, -0.2) is 0 Å². The summed E-state index contributed by atoms with van der Waals surface area (Å²) in [5, 5.41) is 12.4. The number of aliphatic carboxylic acids is 1. The first-order chi connectivity index (χ1) is 9.62. The fourth-order valence-corrected chi connectivity index (χ4v) is 2.19. The number of aromatic nitrogens is 2. The molecule has 0 spiro atoms. The fourth-order valence-electron chi connectivity index (χ4n) is 2.19. The largest absolute Gasteiger partial charge is 0.481 e. The molecule has 0 aromatic carbocycles. The van der Waals surface area contributed by atoms with Crippen LogP contribution in [0.15, 0.2) is 12.3 Å². The summed E-state index contributed by atoms with van der Waals surface area (Å²) in [6, 6.07) is 0.790. The molecule has 1 saturated heterocycles. The molecule has 9 heteroatoms. The lowest BCUT2D eigenvalue weighted by Crippen LogP contribution is -2.36. The molecular weight excluding hydrogens is 291 g/mol. The second-order valence-corrected chi connectivity index (χ2v) is 5.33. The van der Waals surface area contributed by atoms with Crippen LogP contribution < -0.4 is 0 Å². The first-order valence-corrected chi connectivity index (χ1v) is 6.24. The van der Waals surface area contributed by atoms with Crippen LogP contribution in [-0.2, 0) is 22.3 Å². The van der Waals surface area contributed by atoms with E-state index in [2.05, 4.69) is 5.10 Å². The molecule has 1 aliphatic heterocycles. The summed E-state index contributed by atoms with van der Waals surface area (Å²) in [6.45, 7) is 1.52. The Hall–Kier alpha value is -2.06. The molecule has 6 nitrogen and oxygen atoms in total. The van der Waals surface area contributed by atoms with Gasteiger partial charge in [-0.3, -0.25) is 14.3 Å². The Kier molecular flexibility index (Phi) is 3.68. The number of carboxylic acid groups (broad SMARTS) is 1. The van der Waals surface area contributed by atoms with E-state index >= 15 is 0 Å². The van der Waals surface area contributed by atoms with Crippen LogP contribution in [0.3, 0.4) is 0 Å². The third kappa shape index (κ3) is 3.17. The summed E-state index contributed by atoms with van der Waals surface area (Å²) in [4.78, 5) is 24.4. The van der Waals surface area contributed by atoms with Gasteiger partial charge in [0.05, 0.1) is 5.41 Å². The van der Waals surface area contributed by atoms with Crippen LogP contribution in [0.25, 0.3) is 0 Å². The summed E-state index contributed by atoms with van der Waals surface area (Å²) in [5.41, 5.74) is -2.07. The van der Waals surface area contributed by atoms with Crippen LogP contribution in [0.5, 0.6) is 0 Å². The van der Waals surface area contributed by atoms with Gasteiger partial charge in [0.25, 0.3) is 0 Å². The minimum absolute atomic E-state index is 0.0502. The lowest BCUT2D eigenvalue weighted by Gasteiger charge is -2.20. The zero-order valence-corrected chi connectivity index (χ0v) is 11.2. The van der Waals surface area contributed by atoms with E-state index in [4.69, 9.17) is 5.11 Å². The predicted octanol–water partition coefficient (Wildman–Crippen LogP) is 1.23. The zero-order valence-electron chi connectivity index (χ0n) is 11.2. The van der Waals surface area contributed by atoms with Crippen LogP contribution >= 0.6 is 0 Å². The van der Waals surface area contributed by atoms with Crippen molar-refractivity contribution in [1.82, 2.24) is 14.7 Å². The molecule has 21 heavy (non-hydrogen) atoms. The van der Waals surface area contributed by atoms with Crippen molar-refractivity contribution in [3.63, 3.8) is 0 Å². The molecule has 1 aromatic rings. The molecule has 1 aliphatic rings. The van der Waals surface area contributed by atoms with E-state index in [1.807, 2.05) is 0 Å². The third-order valence-corrected chi connectivity index (χ3v) is 3.57. The van der Waals surface area contributed by atoms with Crippen molar-refractivity contribution < 1.29 is 27.9 Å². The molecule has 1 amide bonds. The highest BCUT2D eigenvalue weighted by Gasteiger charge is 2.42. The van der Waals surface area contributed by atoms with Crippen molar-refractivity contribution in [2.24, 2.45) is 5.41 Å². The number of hydrogen-bond donors (Lipinski definition) is 1. The molecule has 0 saturated carbocycles. The SMILES string of the molecule is CC1(C(=O)O)CCN(C(=O)Cn2ccc(C(F)(F)F)n2)C1. The van der Waals surface area contributed by atoms with Crippen LogP contribution in [0.1, 0.15) is 19.0 Å². The van der Waals surface area contributed by atoms with Gasteiger partial charge in [-0.2, -0.15) is 18.3 Å². The van der Waals surface area contributed by atoms with Crippen LogP contribution in [0.2, 0.25) is 0 Å². The number of halogens is 3. The van der Waals surface area contributed by atoms with Crippen molar-refractivity contribution in [3.8, 4) is 0 Å². The van der Waals surface area contributed by atoms with Gasteiger partial charge in [0.2, 0.25) is 5.91 Å². The minimum atomic E-state index is -4.55. The summed E-state index contributed by atoms with van der Waals surface area (Å²) in [6.07, 6.45) is -3.15. The molecule has 1 unspecified atom stereocenters. The lowest BCUT2D eigenvalue weighted by atomic mass is 9.90. The first kappa shape index (κ1) is 15.3. The number of alkyl halides is 3. The Morgan fingerprint density at radius 2 is 2.14 bits per heavy atom. The zero-order chi connectivity index (χ0) is 15.8. The van der Waals surface area contributed by atoms with Gasteiger partial charge in [-0.1, -0.05) is 0 Å². The highest BCUT2D eigenvalue weighted by molar-refractivity contribution is 5.80. The topological polar surface area (TPSA) is 75.4 Å². The second kappa shape index (κ2) is 5.05. The molecule has 1 atom stereocenters. The average Bonchev–Trinajstić information content (AvgIpc) is 2.96. The molecule has 2 heterocycles. The van der Waals surface area contributed by atoms with Crippen LogP contribution in [0, 0.1) is 5.41 Å². The molecule has 1 fully saturated rings. The summed E-state index contributed by atoms with van der Waals surface area (Å²) < 4.78 is 38.1. The monoisotopic (exact) mass is 305 g/mol. The Balaban J connectivity index is 2.00. The van der Waals surface area contributed by atoms with Crippen LogP contribution in [0.4, 0.5) is 13.2 Å². The van der Waals surface area contributed by atoms with Gasteiger partial charge in [-0.05, 0) is 19.4 Å². The van der Waals surface area contributed by atoms with E-state index < -0.39 is 29.2 Å². The molecule has 0 radical (unpaired) electrons. The molecule has 2 rings (SSSR count). The normalized spacial score (nSPS) is 22.6. The van der Waals surface area contributed by atoms with E-state index in [1.165, 1.54) is 11.8 Å². The van der Waals surface area contributed by atoms with Crippen molar-refractivity contribution in [3.05, 3.63) is 18.0 Å². The number of rotatable bonds is 3. The Bertz CT molecular complexity index is 570. The Morgan fingerprint density at radius 1 is 1.48 bits per heavy atom. The van der Waals surface area contributed by atoms with E-state index in [0.717, 1.165) is 16.9 Å². The first-order valence-electron chi connectivity index (χ1n) is 6.24. The van der Waals surface area contributed by atoms with Gasteiger partial charge < -0.3 is 10.0 Å². The maximum atomic E-state index is 12.4. The number of nitrogens with zero attached hydrogens (tertiary/aromatic N) is 3. The Morgan fingerprint density at radius 3 is 2.62 bits per heavy atom. The van der Waals surface area contributed by atoms with E-state index in [1.54, 1.807) is 0 Å². The van der Waals surface area contributed by atoms with Gasteiger partial charge in [0.15, 0.2) is 5.69 Å². The van der Waals surface area contributed by atoms with Crippen molar-refractivity contribution in [2.75, 3.05) is 13.1 Å². The molecule has 0 aliphatic carbocycles. The average molecular weight is 305 g/mol. The third-order valence-electron chi connectivity index (χ3n) is 3.57. The highest BCUT2D eigenvalue weighted by Crippen LogP contribution is 2.30. The number of carbonyl (C=O) groups is 2. The Labute approximate surface area is 118 Å². The maximum Gasteiger partial charge on any atom is 0.435 e. The lowest BCUT2D eigenvalue weighted by molar-refractivity contribution is -0.147.